The molecule has 7 nitrogen and oxygen atoms in total. The minimum atomic E-state index is -0.284. The molecule has 53 heavy (non-hydrogen) atoms. The van der Waals surface area contributed by atoms with Gasteiger partial charge in [0.2, 0.25) is 0 Å². The Morgan fingerprint density at radius 1 is 0.679 bits per heavy atom. The molecule has 0 bridgehead atoms. The number of ether oxygens (including phenoxy) is 3. The molecule has 304 valence electrons. The summed E-state index contributed by atoms with van der Waals surface area (Å²) in [5.74, 6) is 2.92. The zero-order chi connectivity index (χ0) is 38.2. The molecule has 1 saturated heterocycles. The Morgan fingerprint density at radius 3 is 1.87 bits per heavy atom. The number of rotatable bonds is 33. The van der Waals surface area contributed by atoms with Crippen LogP contribution in [0.5, 0.6) is 5.75 Å². The van der Waals surface area contributed by atoms with Gasteiger partial charge in [-0.1, -0.05) is 125 Å². The molecular weight excluding hydrogens is 703 g/mol. The first-order valence-electron chi connectivity index (χ1n) is 21.5. The molecule has 1 heterocycles. The molecular formula is C44H75NO6S2. The summed E-state index contributed by atoms with van der Waals surface area (Å²) in [4.78, 5) is 40.1. The highest BCUT2D eigenvalue weighted by atomic mass is 33.1. The van der Waals surface area contributed by atoms with E-state index >= 15 is 0 Å². The second kappa shape index (κ2) is 32.5. The maximum absolute atomic E-state index is 12.7. The van der Waals surface area contributed by atoms with Gasteiger partial charge in [-0.05, 0) is 101 Å². The molecule has 1 aromatic rings. The second-order valence-electron chi connectivity index (χ2n) is 15.0. The zero-order valence-electron chi connectivity index (χ0n) is 33.9. The van der Waals surface area contributed by atoms with E-state index in [1.165, 1.54) is 102 Å². The molecule has 0 amide bonds. The number of benzene rings is 1. The Kier molecular flexibility index (Phi) is 29.1. The van der Waals surface area contributed by atoms with Crippen LogP contribution >= 0.6 is 21.6 Å². The number of carbonyl (C=O) groups is 3. The third-order valence-electron chi connectivity index (χ3n) is 10.2. The van der Waals surface area contributed by atoms with E-state index in [9.17, 15) is 14.4 Å². The van der Waals surface area contributed by atoms with Crippen LogP contribution in [0.25, 0.3) is 0 Å². The van der Waals surface area contributed by atoms with E-state index < -0.39 is 0 Å². The van der Waals surface area contributed by atoms with Gasteiger partial charge in [0.15, 0.2) is 0 Å². The SMILES string of the molecule is CCCCCCCCC(CCCCCCCC)OC(=O)CCCCCC(=O)Oc1ccc(CC(=O)OCCC2CCN(CCSSCCC)CC2)cc1. The fourth-order valence-electron chi connectivity index (χ4n) is 6.81. The maximum Gasteiger partial charge on any atom is 0.311 e. The Hall–Kier alpha value is -1.71. The molecule has 9 heteroatoms. The number of esters is 3. The molecule has 0 atom stereocenters. The molecule has 0 aromatic heterocycles. The second-order valence-corrected chi connectivity index (χ2v) is 17.7. The van der Waals surface area contributed by atoms with Crippen LogP contribution in [0.3, 0.4) is 0 Å². The lowest BCUT2D eigenvalue weighted by atomic mass is 9.94. The first kappa shape index (κ1) is 47.4. The number of nitrogens with zero attached hydrogens (tertiary/aromatic N) is 1. The Balaban J connectivity index is 1.55. The van der Waals surface area contributed by atoms with Crippen molar-refractivity contribution in [2.45, 2.75) is 181 Å². The fraction of sp³-hybridized carbons (Fsp3) is 0.795. The predicted octanol–water partition coefficient (Wildman–Crippen LogP) is 11.9. The highest BCUT2D eigenvalue weighted by Gasteiger charge is 2.20. The van der Waals surface area contributed by atoms with Crippen LogP contribution < -0.4 is 4.74 Å². The van der Waals surface area contributed by atoms with Gasteiger partial charge in [0.05, 0.1) is 13.0 Å². The van der Waals surface area contributed by atoms with Crippen LogP contribution in [0.15, 0.2) is 24.3 Å². The Bertz CT molecular complexity index is 1050. The van der Waals surface area contributed by atoms with Crippen LogP contribution in [0.2, 0.25) is 0 Å². The third-order valence-corrected chi connectivity index (χ3v) is 12.8. The average Bonchev–Trinajstić information content (AvgIpc) is 3.15. The molecule has 0 spiro atoms. The number of hydrogen-bond donors (Lipinski definition) is 0. The van der Waals surface area contributed by atoms with E-state index in [1.54, 1.807) is 12.1 Å². The molecule has 2 rings (SSSR count). The van der Waals surface area contributed by atoms with Gasteiger partial charge in [-0.3, -0.25) is 14.4 Å². The van der Waals surface area contributed by atoms with E-state index in [4.69, 9.17) is 14.2 Å². The first-order valence-corrected chi connectivity index (χ1v) is 24.0. The van der Waals surface area contributed by atoms with Crippen molar-refractivity contribution < 1.29 is 28.6 Å². The molecule has 1 aliphatic heterocycles. The molecule has 0 saturated carbocycles. The van der Waals surface area contributed by atoms with Crippen LogP contribution in [-0.4, -0.2) is 66.7 Å². The van der Waals surface area contributed by atoms with Gasteiger partial charge in [0, 0.05) is 30.9 Å². The van der Waals surface area contributed by atoms with Crippen LogP contribution in [0.1, 0.15) is 174 Å². The van der Waals surface area contributed by atoms with Crippen molar-refractivity contribution in [2.75, 3.05) is 37.7 Å². The lowest BCUT2D eigenvalue weighted by Crippen LogP contribution is -2.35. The van der Waals surface area contributed by atoms with E-state index in [2.05, 4.69) is 25.7 Å². The number of hydrogen-bond acceptors (Lipinski definition) is 9. The van der Waals surface area contributed by atoms with Crippen molar-refractivity contribution in [2.24, 2.45) is 5.92 Å². The summed E-state index contributed by atoms with van der Waals surface area (Å²) in [5, 5.41) is 0. The van der Waals surface area contributed by atoms with Gasteiger partial charge in [-0.2, -0.15) is 0 Å². The lowest BCUT2D eigenvalue weighted by Gasteiger charge is -2.31. The largest absolute Gasteiger partial charge is 0.465 e. The molecule has 1 aromatic carbocycles. The quantitative estimate of drug-likeness (QED) is 0.0300. The van der Waals surface area contributed by atoms with E-state index in [0.717, 1.165) is 63.6 Å². The van der Waals surface area contributed by atoms with Crippen molar-refractivity contribution in [3.05, 3.63) is 29.8 Å². The van der Waals surface area contributed by atoms with Gasteiger partial charge >= 0.3 is 17.9 Å². The molecule has 1 fully saturated rings. The smallest absolute Gasteiger partial charge is 0.311 e. The van der Waals surface area contributed by atoms with Crippen molar-refractivity contribution in [3.63, 3.8) is 0 Å². The normalized spacial score (nSPS) is 13.7. The number of likely N-dealkylation sites (tertiary alicyclic amines) is 1. The molecule has 0 radical (unpaired) electrons. The Labute approximate surface area is 332 Å². The summed E-state index contributed by atoms with van der Waals surface area (Å²) >= 11 is 0. The number of unbranched alkanes of at least 4 members (excludes halogenated alkanes) is 12. The van der Waals surface area contributed by atoms with Crippen LogP contribution in [-0.2, 0) is 30.3 Å². The zero-order valence-corrected chi connectivity index (χ0v) is 35.5. The summed E-state index contributed by atoms with van der Waals surface area (Å²) in [6.07, 6.45) is 24.6. The maximum atomic E-state index is 12.7. The Morgan fingerprint density at radius 2 is 1.25 bits per heavy atom. The molecule has 1 aliphatic rings. The lowest BCUT2D eigenvalue weighted by molar-refractivity contribution is -0.150. The topological polar surface area (TPSA) is 82.1 Å². The summed E-state index contributed by atoms with van der Waals surface area (Å²) in [5.41, 5.74) is 0.839. The van der Waals surface area contributed by atoms with Gasteiger partial charge < -0.3 is 19.1 Å². The summed E-state index contributed by atoms with van der Waals surface area (Å²) in [7, 11) is 3.97. The first-order chi connectivity index (χ1) is 25.9. The van der Waals surface area contributed by atoms with Gasteiger partial charge in [0.25, 0.3) is 0 Å². The highest BCUT2D eigenvalue weighted by Crippen LogP contribution is 2.25. The van der Waals surface area contributed by atoms with E-state index in [-0.39, 0.29) is 30.4 Å². The van der Waals surface area contributed by atoms with Gasteiger partial charge in [-0.25, -0.2) is 0 Å². The van der Waals surface area contributed by atoms with Gasteiger partial charge in [-0.15, -0.1) is 0 Å². The van der Waals surface area contributed by atoms with Gasteiger partial charge in [0.1, 0.15) is 11.9 Å². The summed E-state index contributed by atoms with van der Waals surface area (Å²) in [6, 6.07) is 7.10. The molecule has 0 N–H and O–H groups in total. The summed E-state index contributed by atoms with van der Waals surface area (Å²) in [6.45, 7) is 10.6. The van der Waals surface area contributed by atoms with E-state index in [1.807, 2.05) is 33.7 Å². The van der Waals surface area contributed by atoms with Crippen LogP contribution in [0.4, 0.5) is 0 Å². The highest BCUT2D eigenvalue weighted by molar-refractivity contribution is 8.76. The van der Waals surface area contributed by atoms with Crippen molar-refractivity contribution in [1.29, 1.82) is 0 Å². The number of piperidine rings is 1. The minimum Gasteiger partial charge on any atom is -0.465 e. The molecule has 0 aliphatic carbocycles. The molecule has 0 unspecified atom stereocenters. The average molecular weight is 778 g/mol. The van der Waals surface area contributed by atoms with Crippen LogP contribution in [0, 0.1) is 5.92 Å². The fourth-order valence-corrected chi connectivity index (χ4v) is 8.97. The van der Waals surface area contributed by atoms with Crippen molar-refractivity contribution >= 4 is 39.5 Å². The number of carbonyl (C=O) groups excluding carboxylic acids is 3. The predicted molar refractivity (Wildman–Crippen MR) is 225 cm³/mol. The van der Waals surface area contributed by atoms with E-state index in [0.29, 0.717) is 37.5 Å². The van der Waals surface area contributed by atoms with Crippen molar-refractivity contribution in [1.82, 2.24) is 4.90 Å². The monoisotopic (exact) mass is 778 g/mol. The summed E-state index contributed by atoms with van der Waals surface area (Å²) < 4.78 is 17.0. The minimum absolute atomic E-state index is 0.0405. The third kappa shape index (κ3) is 25.9. The van der Waals surface area contributed by atoms with Crippen molar-refractivity contribution in [3.8, 4) is 5.75 Å². The standard InChI is InChI=1S/C44H75NO6S2/c1-4-7-9-11-13-16-20-40(21-17-14-12-10-8-5-2)50-42(46)22-18-15-19-23-43(47)51-41-26-24-39(25-27-41)37-44(48)49-34-30-38-28-31-45(32-29-38)33-36-53-52-35-6-3/h24-27,38,40H,4-23,28-37H2,1-3H3.